The van der Waals surface area contributed by atoms with Crippen LogP contribution in [-0.2, 0) is 14.8 Å². The third kappa shape index (κ3) is 4.72. The molecule has 1 saturated heterocycles. The highest BCUT2D eigenvalue weighted by atomic mass is 32.2. The maximum absolute atomic E-state index is 14.4. The van der Waals surface area contributed by atoms with Crippen LogP contribution in [-0.4, -0.2) is 62.9 Å². The third-order valence-electron chi connectivity index (χ3n) is 5.72. The lowest BCUT2D eigenvalue weighted by Crippen LogP contribution is -2.41. The lowest BCUT2D eigenvalue weighted by Gasteiger charge is -2.30. The molecule has 0 aromatic heterocycles. The first-order valence-corrected chi connectivity index (χ1v) is 11.5. The minimum Gasteiger partial charge on any atom is -0.379 e. The minimum absolute atomic E-state index is 0.0507. The Kier molecular flexibility index (Phi) is 7.06. The Morgan fingerprint density at radius 2 is 1.71 bits per heavy atom. The van der Waals surface area contributed by atoms with Crippen LogP contribution in [0.4, 0.5) is 4.39 Å². The molecule has 0 spiro atoms. The van der Waals surface area contributed by atoms with Crippen molar-refractivity contribution >= 4 is 15.9 Å². The summed E-state index contributed by atoms with van der Waals surface area (Å²) in [6.07, 6.45) is 7.43. The Labute approximate surface area is 166 Å². The first-order valence-electron chi connectivity index (χ1n) is 10.1. The normalized spacial score (nSPS) is 20.4. The zero-order valence-corrected chi connectivity index (χ0v) is 17.2. The molecule has 156 valence electrons. The topological polar surface area (TPSA) is 66.9 Å². The van der Waals surface area contributed by atoms with Crippen molar-refractivity contribution in [1.29, 1.82) is 0 Å². The average molecular weight is 413 g/mol. The SMILES string of the molecule is CN(C(=O)c1cc(S(=O)(=O)N2CCOCC2)ccc1F)C1CCCCCCC1. The molecule has 2 aliphatic rings. The Balaban J connectivity index is 1.82. The highest BCUT2D eigenvalue weighted by molar-refractivity contribution is 7.89. The van der Waals surface area contributed by atoms with E-state index in [1.54, 1.807) is 11.9 Å². The highest BCUT2D eigenvalue weighted by Crippen LogP contribution is 2.25. The number of carbonyl (C=O) groups excluding carboxylic acids is 1. The lowest BCUT2D eigenvalue weighted by molar-refractivity contribution is 0.0701. The van der Waals surface area contributed by atoms with Crippen LogP contribution in [0.1, 0.15) is 55.3 Å². The number of carbonyl (C=O) groups is 1. The molecule has 1 aliphatic carbocycles. The summed E-state index contributed by atoms with van der Waals surface area (Å²) in [4.78, 5) is 14.5. The number of halogens is 1. The number of rotatable bonds is 4. The maximum Gasteiger partial charge on any atom is 0.256 e. The van der Waals surface area contributed by atoms with Crippen molar-refractivity contribution < 1.29 is 22.3 Å². The zero-order valence-electron chi connectivity index (χ0n) is 16.4. The number of morpholine rings is 1. The molecule has 1 aliphatic heterocycles. The predicted octanol–water partition coefficient (Wildman–Crippen LogP) is 3.03. The van der Waals surface area contributed by atoms with Crippen LogP contribution in [0.15, 0.2) is 23.1 Å². The monoisotopic (exact) mass is 412 g/mol. The second kappa shape index (κ2) is 9.33. The number of hydrogen-bond acceptors (Lipinski definition) is 4. The van der Waals surface area contributed by atoms with Crippen LogP contribution >= 0.6 is 0 Å². The van der Waals surface area contributed by atoms with Crippen molar-refractivity contribution in [1.82, 2.24) is 9.21 Å². The van der Waals surface area contributed by atoms with Gasteiger partial charge < -0.3 is 9.64 Å². The fraction of sp³-hybridized carbons (Fsp3) is 0.650. The lowest BCUT2D eigenvalue weighted by atomic mass is 9.95. The van der Waals surface area contributed by atoms with Crippen molar-refractivity contribution in [2.75, 3.05) is 33.4 Å². The van der Waals surface area contributed by atoms with Gasteiger partial charge in [0.15, 0.2) is 0 Å². The minimum atomic E-state index is -3.78. The van der Waals surface area contributed by atoms with E-state index in [4.69, 9.17) is 4.74 Å². The van der Waals surface area contributed by atoms with Gasteiger partial charge in [0.1, 0.15) is 5.82 Å². The third-order valence-corrected chi connectivity index (χ3v) is 7.61. The van der Waals surface area contributed by atoms with E-state index in [1.807, 2.05) is 0 Å². The summed E-state index contributed by atoms with van der Waals surface area (Å²) in [5, 5.41) is 0. The number of nitrogens with zero attached hydrogens (tertiary/aromatic N) is 2. The van der Waals surface area contributed by atoms with Gasteiger partial charge in [-0.15, -0.1) is 0 Å². The molecule has 6 nitrogen and oxygen atoms in total. The number of sulfonamides is 1. The van der Waals surface area contributed by atoms with E-state index >= 15 is 0 Å². The summed E-state index contributed by atoms with van der Waals surface area (Å²) < 4.78 is 46.7. The number of ether oxygens (including phenoxy) is 1. The van der Waals surface area contributed by atoms with Gasteiger partial charge in [-0.2, -0.15) is 4.31 Å². The van der Waals surface area contributed by atoms with E-state index in [0.29, 0.717) is 13.2 Å². The summed E-state index contributed by atoms with van der Waals surface area (Å²) in [7, 11) is -2.09. The Bertz CT molecular complexity index is 785. The number of benzene rings is 1. The first-order chi connectivity index (χ1) is 13.4. The second-order valence-corrected chi connectivity index (χ2v) is 9.51. The molecule has 1 heterocycles. The average Bonchev–Trinajstić information content (AvgIpc) is 2.67. The quantitative estimate of drug-likeness (QED) is 0.762. The molecule has 1 amide bonds. The van der Waals surface area contributed by atoms with Crippen molar-refractivity contribution in [2.45, 2.75) is 55.9 Å². The van der Waals surface area contributed by atoms with E-state index in [9.17, 15) is 17.6 Å². The molecular formula is C20H29FN2O4S. The van der Waals surface area contributed by atoms with Crippen LogP contribution in [0.25, 0.3) is 0 Å². The Hall–Kier alpha value is -1.51. The van der Waals surface area contributed by atoms with Gasteiger partial charge >= 0.3 is 0 Å². The van der Waals surface area contributed by atoms with Crippen LogP contribution in [0.3, 0.4) is 0 Å². The molecule has 8 heteroatoms. The fourth-order valence-corrected chi connectivity index (χ4v) is 5.38. The molecule has 28 heavy (non-hydrogen) atoms. The molecule has 0 atom stereocenters. The van der Waals surface area contributed by atoms with Crippen molar-refractivity contribution in [3.05, 3.63) is 29.6 Å². The molecule has 1 saturated carbocycles. The van der Waals surface area contributed by atoms with Crippen LogP contribution in [0, 0.1) is 5.82 Å². The highest BCUT2D eigenvalue weighted by Gasteiger charge is 2.29. The maximum atomic E-state index is 14.4. The van der Waals surface area contributed by atoms with E-state index < -0.39 is 21.7 Å². The summed E-state index contributed by atoms with van der Waals surface area (Å²) in [5.74, 6) is -1.15. The van der Waals surface area contributed by atoms with E-state index in [1.165, 1.54) is 22.9 Å². The van der Waals surface area contributed by atoms with Crippen LogP contribution in [0.2, 0.25) is 0 Å². The van der Waals surface area contributed by atoms with Gasteiger partial charge in [-0.1, -0.05) is 32.1 Å². The molecule has 0 bridgehead atoms. The van der Waals surface area contributed by atoms with Crippen molar-refractivity contribution in [2.24, 2.45) is 0 Å². The van der Waals surface area contributed by atoms with Gasteiger partial charge in [0, 0.05) is 26.2 Å². The summed E-state index contributed by atoms with van der Waals surface area (Å²) in [5.41, 5.74) is -0.182. The molecule has 1 aromatic rings. The Morgan fingerprint density at radius 3 is 2.36 bits per heavy atom. The molecule has 3 rings (SSSR count). The van der Waals surface area contributed by atoms with Crippen LogP contribution < -0.4 is 0 Å². The standard InChI is InChI=1S/C20H29FN2O4S/c1-22(16-7-5-3-2-4-6-8-16)20(24)18-15-17(9-10-19(18)21)28(25,26)23-11-13-27-14-12-23/h9-10,15-16H,2-8,11-14H2,1H3. The summed E-state index contributed by atoms with van der Waals surface area (Å²) in [6.45, 7) is 1.17. The van der Waals surface area contributed by atoms with Gasteiger partial charge in [0.25, 0.3) is 5.91 Å². The molecular weight excluding hydrogens is 383 g/mol. The second-order valence-electron chi connectivity index (χ2n) is 7.57. The van der Waals surface area contributed by atoms with Gasteiger partial charge in [0.2, 0.25) is 10.0 Å². The summed E-state index contributed by atoms with van der Waals surface area (Å²) in [6, 6.07) is 3.55. The smallest absolute Gasteiger partial charge is 0.256 e. The molecule has 0 unspecified atom stereocenters. The van der Waals surface area contributed by atoms with E-state index in [0.717, 1.165) is 44.6 Å². The van der Waals surface area contributed by atoms with Gasteiger partial charge in [0.05, 0.1) is 23.7 Å². The zero-order chi connectivity index (χ0) is 20.1. The van der Waals surface area contributed by atoms with Crippen molar-refractivity contribution in [3.8, 4) is 0 Å². The summed E-state index contributed by atoms with van der Waals surface area (Å²) >= 11 is 0. The van der Waals surface area contributed by atoms with Crippen LogP contribution in [0.5, 0.6) is 0 Å². The fourth-order valence-electron chi connectivity index (χ4n) is 3.94. The number of hydrogen-bond donors (Lipinski definition) is 0. The first kappa shape index (κ1) is 21.2. The van der Waals surface area contributed by atoms with Gasteiger partial charge in [-0.25, -0.2) is 12.8 Å². The van der Waals surface area contributed by atoms with E-state index in [-0.39, 0.29) is 29.6 Å². The van der Waals surface area contributed by atoms with Gasteiger partial charge in [-0.05, 0) is 31.0 Å². The largest absolute Gasteiger partial charge is 0.379 e. The van der Waals surface area contributed by atoms with E-state index in [2.05, 4.69) is 0 Å². The molecule has 1 aromatic carbocycles. The van der Waals surface area contributed by atoms with Gasteiger partial charge in [-0.3, -0.25) is 4.79 Å². The Morgan fingerprint density at radius 1 is 1.11 bits per heavy atom. The predicted molar refractivity (Wildman–Crippen MR) is 104 cm³/mol. The molecule has 0 N–H and O–H groups in total. The molecule has 0 radical (unpaired) electrons. The number of amides is 1. The molecule has 2 fully saturated rings. The van der Waals surface area contributed by atoms with Crippen molar-refractivity contribution in [3.63, 3.8) is 0 Å².